The van der Waals surface area contributed by atoms with Crippen molar-refractivity contribution in [1.82, 2.24) is 14.7 Å². The lowest BCUT2D eigenvalue weighted by Crippen LogP contribution is -2.43. The highest BCUT2D eigenvalue weighted by molar-refractivity contribution is 5.95. The number of amides is 1. The molecular weight excluding hydrogens is 244 g/mol. The molecule has 0 aromatic carbocycles. The first-order valence-corrected chi connectivity index (χ1v) is 6.61. The van der Waals surface area contributed by atoms with Crippen molar-refractivity contribution >= 4 is 11.6 Å². The molecule has 0 bridgehead atoms. The maximum Gasteiger partial charge on any atom is 0.272 e. The second-order valence-electron chi connectivity index (χ2n) is 4.98. The van der Waals surface area contributed by atoms with Crippen molar-refractivity contribution in [3.63, 3.8) is 0 Å². The number of aryl methyl sites for hydroxylation is 2. The van der Waals surface area contributed by atoms with E-state index in [9.17, 15) is 4.79 Å². The lowest BCUT2D eigenvalue weighted by atomic mass is 9.97. The lowest BCUT2D eigenvalue weighted by Gasteiger charge is -2.31. The molecule has 1 saturated heterocycles. The van der Waals surface area contributed by atoms with Crippen LogP contribution in [-0.4, -0.2) is 44.6 Å². The second-order valence-corrected chi connectivity index (χ2v) is 4.98. The van der Waals surface area contributed by atoms with Gasteiger partial charge in [0.25, 0.3) is 5.91 Å². The minimum Gasteiger partial charge on any atom is -0.411 e. The van der Waals surface area contributed by atoms with Gasteiger partial charge in [0, 0.05) is 32.0 Å². The summed E-state index contributed by atoms with van der Waals surface area (Å²) in [4.78, 5) is 14.3. The van der Waals surface area contributed by atoms with Crippen LogP contribution in [-0.2, 0) is 6.54 Å². The van der Waals surface area contributed by atoms with Gasteiger partial charge in [0.15, 0.2) is 0 Å². The summed E-state index contributed by atoms with van der Waals surface area (Å²) in [6.07, 6.45) is 0.628. The first kappa shape index (κ1) is 13.6. The minimum atomic E-state index is 0.00582. The van der Waals surface area contributed by atoms with Crippen LogP contribution in [0.1, 0.15) is 36.5 Å². The summed E-state index contributed by atoms with van der Waals surface area (Å²) in [5.74, 6) is 0.105. The van der Waals surface area contributed by atoms with Crippen molar-refractivity contribution in [2.45, 2.75) is 33.7 Å². The van der Waals surface area contributed by atoms with Crippen LogP contribution >= 0.6 is 0 Å². The summed E-state index contributed by atoms with van der Waals surface area (Å²) in [6.45, 7) is 7.69. The number of hydrogen-bond acceptors (Lipinski definition) is 4. The van der Waals surface area contributed by atoms with Gasteiger partial charge in [0.05, 0.1) is 11.4 Å². The quantitative estimate of drug-likeness (QED) is 0.650. The highest BCUT2D eigenvalue weighted by atomic mass is 16.4. The molecule has 2 rings (SSSR count). The zero-order valence-corrected chi connectivity index (χ0v) is 11.6. The highest BCUT2D eigenvalue weighted by Crippen LogP contribution is 2.17. The van der Waals surface area contributed by atoms with Crippen molar-refractivity contribution in [2.75, 3.05) is 13.1 Å². The Hall–Kier alpha value is -1.85. The SMILES string of the molecule is CCn1nc(C)cc1C(=O)N1CC/C(=N/O)C(C)C1. The molecule has 2 heterocycles. The van der Waals surface area contributed by atoms with E-state index in [1.807, 2.05) is 31.7 Å². The van der Waals surface area contributed by atoms with Crippen LogP contribution in [0.4, 0.5) is 0 Å². The molecule has 0 spiro atoms. The Morgan fingerprint density at radius 1 is 1.63 bits per heavy atom. The number of carbonyl (C=O) groups excluding carboxylic acids is 1. The summed E-state index contributed by atoms with van der Waals surface area (Å²) in [5, 5.41) is 16.5. The van der Waals surface area contributed by atoms with E-state index in [-0.39, 0.29) is 11.8 Å². The van der Waals surface area contributed by atoms with E-state index >= 15 is 0 Å². The second kappa shape index (κ2) is 5.42. The Labute approximate surface area is 112 Å². The maximum atomic E-state index is 12.5. The van der Waals surface area contributed by atoms with Crippen molar-refractivity contribution in [2.24, 2.45) is 11.1 Å². The van der Waals surface area contributed by atoms with Gasteiger partial charge in [-0.1, -0.05) is 12.1 Å². The average molecular weight is 264 g/mol. The van der Waals surface area contributed by atoms with Crippen molar-refractivity contribution in [3.8, 4) is 0 Å². The number of carbonyl (C=O) groups is 1. The molecule has 1 unspecified atom stereocenters. The summed E-state index contributed by atoms with van der Waals surface area (Å²) in [6, 6.07) is 1.83. The smallest absolute Gasteiger partial charge is 0.272 e. The molecule has 1 aromatic heterocycles. The molecule has 0 saturated carbocycles. The third-order valence-corrected chi connectivity index (χ3v) is 3.54. The number of piperidine rings is 1. The Bertz CT molecular complexity index is 507. The van der Waals surface area contributed by atoms with E-state index in [0.29, 0.717) is 31.7 Å². The summed E-state index contributed by atoms with van der Waals surface area (Å²) in [7, 11) is 0. The van der Waals surface area contributed by atoms with Gasteiger partial charge in [0.1, 0.15) is 5.69 Å². The van der Waals surface area contributed by atoms with E-state index in [0.717, 1.165) is 11.4 Å². The first-order chi connectivity index (χ1) is 9.06. The van der Waals surface area contributed by atoms with E-state index in [1.54, 1.807) is 4.68 Å². The topological polar surface area (TPSA) is 70.7 Å². The van der Waals surface area contributed by atoms with Crippen molar-refractivity contribution in [3.05, 3.63) is 17.5 Å². The fourth-order valence-corrected chi connectivity index (χ4v) is 2.48. The summed E-state index contributed by atoms with van der Waals surface area (Å²) >= 11 is 0. The van der Waals surface area contributed by atoms with Crippen LogP contribution in [0.3, 0.4) is 0 Å². The number of aromatic nitrogens is 2. The zero-order chi connectivity index (χ0) is 14.0. The number of oxime groups is 1. The molecule has 1 atom stereocenters. The summed E-state index contributed by atoms with van der Waals surface area (Å²) in [5.41, 5.74) is 2.26. The van der Waals surface area contributed by atoms with E-state index < -0.39 is 0 Å². The highest BCUT2D eigenvalue weighted by Gasteiger charge is 2.28. The molecule has 6 heteroatoms. The predicted molar refractivity (Wildman–Crippen MR) is 71.5 cm³/mol. The molecule has 19 heavy (non-hydrogen) atoms. The van der Waals surface area contributed by atoms with E-state index in [2.05, 4.69) is 10.3 Å². The third-order valence-electron chi connectivity index (χ3n) is 3.54. The third kappa shape index (κ3) is 2.62. The molecular formula is C13H20N4O2. The zero-order valence-electron chi connectivity index (χ0n) is 11.6. The maximum absolute atomic E-state index is 12.5. The molecule has 1 aliphatic heterocycles. The van der Waals surface area contributed by atoms with Gasteiger partial charge in [0.2, 0.25) is 0 Å². The first-order valence-electron chi connectivity index (χ1n) is 6.61. The van der Waals surface area contributed by atoms with Crippen molar-refractivity contribution in [1.29, 1.82) is 0 Å². The fraction of sp³-hybridized carbons (Fsp3) is 0.615. The molecule has 1 N–H and O–H groups in total. The average Bonchev–Trinajstić information content (AvgIpc) is 2.79. The minimum absolute atomic E-state index is 0.00582. The number of nitrogens with zero attached hydrogens (tertiary/aromatic N) is 4. The molecule has 104 valence electrons. The van der Waals surface area contributed by atoms with Gasteiger partial charge in [-0.3, -0.25) is 9.48 Å². The van der Waals surface area contributed by atoms with E-state index in [1.165, 1.54) is 0 Å². The Morgan fingerprint density at radius 3 is 2.95 bits per heavy atom. The molecule has 6 nitrogen and oxygen atoms in total. The van der Waals surface area contributed by atoms with Crippen LogP contribution < -0.4 is 0 Å². The Morgan fingerprint density at radius 2 is 2.37 bits per heavy atom. The van der Waals surface area contributed by atoms with Gasteiger partial charge < -0.3 is 10.1 Å². The van der Waals surface area contributed by atoms with Crippen LogP contribution in [0.25, 0.3) is 0 Å². The molecule has 1 aromatic rings. The van der Waals surface area contributed by atoms with Gasteiger partial charge in [-0.15, -0.1) is 0 Å². The Balaban J connectivity index is 2.16. The molecule has 0 radical (unpaired) electrons. The largest absolute Gasteiger partial charge is 0.411 e. The monoisotopic (exact) mass is 264 g/mol. The normalized spacial score (nSPS) is 21.9. The van der Waals surface area contributed by atoms with Gasteiger partial charge in [-0.05, 0) is 19.9 Å². The standard InChI is InChI=1S/C13H20N4O2/c1-4-17-12(7-10(3)14-17)13(18)16-6-5-11(15-19)9(2)8-16/h7,9,19H,4-6,8H2,1-3H3/b15-11-. The molecule has 1 amide bonds. The number of rotatable bonds is 2. The Kier molecular flexibility index (Phi) is 3.87. The number of likely N-dealkylation sites (tertiary alicyclic amines) is 1. The molecule has 1 fully saturated rings. The molecule has 1 aliphatic rings. The fourth-order valence-electron chi connectivity index (χ4n) is 2.48. The van der Waals surface area contributed by atoms with Gasteiger partial charge >= 0.3 is 0 Å². The number of hydrogen-bond donors (Lipinski definition) is 1. The van der Waals surface area contributed by atoms with Crippen molar-refractivity contribution < 1.29 is 10.0 Å². The van der Waals surface area contributed by atoms with E-state index in [4.69, 9.17) is 5.21 Å². The lowest BCUT2D eigenvalue weighted by molar-refractivity contribution is 0.0721. The van der Waals surface area contributed by atoms with Gasteiger partial charge in [-0.2, -0.15) is 5.10 Å². The predicted octanol–water partition coefficient (Wildman–Crippen LogP) is 1.52. The van der Waals surface area contributed by atoms with Crippen LogP contribution in [0.15, 0.2) is 11.2 Å². The van der Waals surface area contributed by atoms with Gasteiger partial charge in [-0.25, -0.2) is 0 Å². The summed E-state index contributed by atoms with van der Waals surface area (Å²) < 4.78 is 1.73. The molecule has 0 aliphatic carbocycles. The van der Waals surface area contributed by atoms with Crippen LogP contribution in [0, 0.1) is 12.8 Å². The van der Waals surface area contributed by atoms with Crippen LogP contribution in [0.2, 0.25) is 0 Å². The van der Waals surface area contributed by atoms with Crippen LogP contribution in [0.5, 0.6) is 0 Å².